The van der Waals surface area contributed by atoms with Crippen LogP contribution >= 0.6 is 0 Å². The van der Waals surface area contributed by atoms with Crippen LogP contribution in [0.3, 0.4) is 0 Å². The Morgan fingerprint density at radius 3 is 2.21 bits per heavy atom. The monoisotopic (exact) mass is 376 g/mol. The van der Waals surface area contributed by atoms with Crippen molar-refractivity contribution >= 4 is 22.8 Å². The van der Waals surface area contributed by atoms with Crippen molar-refractivity contribution in [2.75, 3.05) is 0 Å². The molecule has 2 amide bonds. The minimum Gasteiger partial charge on any atom is -0.443 e. The van der Waals surface area contributed by atoms with Gasteiger partial charge in [-0.2, -0.15) is 0 Å². The molecule has 0 saturated heterocycles. The Kier molecular flexibility index (Phi) is 5.64. The first-order valence-electron chi connectivity index (χ1n) is 9.14. The number of benzene rings is 3. The average molecular weight is 376 g/mol. The number of fused-ring (bicyclic) bond motifs is 1. The molecule has 144 valence electrons. The van der Waals surface area contributed by atoms with Crippen LogP contribution in [0.4, 0.5) is 4.79 Å². The fraction of sp³-hybridized carbons (Fsp3) is 0.217. The first kappa shape index (κ1) is 19.4. The van der Waals surface area contributed by atoms with E-state index in [1.165, 1.54) is 0 Å². The largest absolute Gasteiger partial charge is 0.443 e. The van der Waals surface area contributed by atoms with Crippen molar-refractivity contribution in [1.29, 1.82) is 0 Å². The number of carbonyl (C=O) groups excluding carboxylic acids is 2. The van der Waals surface area contributed by atoms with Gasteiger partial charge >= 0.3 is 6.09 Å². The summed E-state index contributed by atoms with van der Waals surface area (Å²) in [5, 5.41) is 2.21. The van der Waals surface area contributed by atoms with E-state index in [1.807, 2.05) is 54.6 Å². The van der Waals surface area contributed by atoms with Gasteiger partial charge in [0.2, 0.25) is 0 Å². The Hall–Kier alpha value is -3.34. The van der Waals surface area contributed by atoms with Crippen LogP contribution in [0.2, 0.25) is 0 Å². The van der Waals surface area contributed by atoms with Gasteiger partial charge in [-0.25, -0.2) is 10.2 Å². The van der Waals surface area contributed by atoms with E-state index < -0.39 is 12.0 Å². The number of ether oxygens (including phenoxy) is 1. The van der Waals surface area contributed by atoms with Crippen LogP contribution in [0, 0.1) is 0 Å². The highest BCUT2D eigenvalue weighted by molar-refractivity contribution is 5.95. The van der Waals surface area contributed by atoms with E-state index >= 15 is 0 Å². The zero-order valence-corrected chi connectivity index (χ0v) is 16.3. The van der Waals surface area contributed by atoms with Crippen molar-refractivity contribution < 1.29 is 14.3 Å². The van der Waals surface area contributed by atoms with E-state index in [0.29, 0.717) is 5.56 Å². The van der Waals surface area contributed by atoms with Gasteiger partial charge < -0.3 is 4.74 Å². The Morgan fingerprint density at radius 1 is 0.857 bits per heavy atom. The van der Waals surface area contributed by atoms with Crippen molar-refractivity contribution in [3.8, 4) is 0 Å². The fourth-order valence-corrected chi connectivity index (χ4v) is 2.82. The van der Waals surface area contributed by atoms with E-state index in [-0.39, 0.29) is 12.0 Å². The van der Waals surface area contributed by atoms with Crippen LogP contribution in [0.1, 0.15) is 42.3 Å². The molecule has 5 heteroatoms. The molecule has 2 N–H and O–H groups in total. The number of rotatable bonds is 3. The van der Waals surface area contributed by atoms with Crippen LogP contribution in [0.5, 0.6) is 0 Å². The van der Waals surface area contributed by atoms with Crippen LogP contribution < -0.4 is 10.9 Å². The highest BCUT2D eigenvalue weighted by Gasteiger charge is 2.14. The van der Waals surface area contributed by atoms with E-state index in [0.717, 1.165) is 21.9 Å². The smallest absolute Gasteiger partial charge is 0.426 e. The third kappa shape index (κ3) is 4.88. The van der Waals surface area contributed by atoms with Crippen LogP contribution in [0.25, 0.3) is 10.8 Å². The fourth-order valence-electron chi connectivity index (χ4n) is 2.82. The molecule has 0 fully saturated rings. The molecule has 0 bridgehead atoms. The number of hydrogen-bond acceptors (Lipinski definition) is 3. The SMILES string of the molecule is CC(C)(C)c1ccc(C(=O)NNC(=O)OCc2ccc3ccccc3c2)cc1. The second-order valence-electron chi connectivity index (χ2n) is 7.66. The zero-order valence-electron chi connectivity index (χ0n) is 16.3. The molecular formula is C23H24N2O3. The number of nitrogens with one attached hydrogen (secondary N) is 2. The Labute approximate surface area is 164 Å². The standard InChI is InChI=1S/C23H24N2O3/c1-23(2,3)20-12-10-18(11-13-20)21(26)24-25-22(27)28-15-16-8-9-17-6-4-5-7-19(17)14-16/h4-14H,15H2,1-3H3,(H,24,26)(H,25,27). The summed E-state index contributed by atoms with van der Waals surface area (Å²) in [6.45, 7) is 6.44. The normalized spacial score (nSPS) is 11.1. The summed E-state index contributed by atoms with van der Waals surface area (Å²) < 4.78 is 5.16. The molecule has 5 nitrogen and oxygen atoms in total. The minimum atomic E-state index is -0.715. The summed E-state index contributed by atoms with van der Waals surface area (Å²) in [4.78, 5) is 24.0. The second-order valence-corrected chi connectivity index (χ2v) is 7.66. The van der Waals surface area contributed by atoms with Crippen molar-refractivity contribution in [2.24, 2.45) is 0 Å². The second kappa shape index (κ2) is 8.13. The Bertz CT molecular complexity index is 989. The molecule has 0 radical (unpaired) electrons. The molecule has 0 heterocycles. The lowest BCUT2D eigenvalue weighted by molar-refractivity contribution is 0.0905. The highest BCUT2D eigenvalue weighted by Crippen LogP contribution is 2.22. The average Bonchev–Trinajstić information content (AvgIpc) is 2.69. The van der Waals surface area contributed by atoms with Gasteiger partial charge in [-0.05, 0) is 45.5 Å². The molecule has 0 unspecified atom stereocenters. The molecule has 3 aromatic rings. The summed E-state index contributed by atoms with van der Waals surface area (Å²) in [5.74, 6) is -0.400. The molecule has 0 saturated carbocycles. The van der Waals surface area contributed by atoms with Gasteiger partial charge in [0.1, 0.15) is 6.61 Å². The molecule has 0 atom stereocenters. The Morgan fingerprint density at radius 2 is 1.54 bits per heavy atom. The van der Waals surface area contributed by atoms with Crippen LogP contribution in [-0.4, -0.2) is 12.0 Å². The lowest BCUT2D eigenvalue weighted by Crippen LogP contribution is -2.41. The zero-order chi connectivity index (χ0) is 20.1. The first-order chi connectivity index (χ1) is 13.3. The van der Waals surface area contributed by atoms with Gasteiger partial charge in [0.15, 0.2) is 0 Å². The van der Waals surface area contributed by atoms with Crippen LogP contribution in [-0.2, 0) is 16.8 Å². The predicted octanol–water partition coefficient (Wildman–Crippen LogP) is 4.71. The first-order valence-corrected chi connectivity index (χ1v) is 9.14. The molecule has 0 aliphatic rings. The van der Waals surface area contributed by atoms with Gasteiger partial charge in [0, 0.05) is 5.56 Å². The van der Waals surface area contributed by atoms with E-state index in [2.05, 4.69) is 31.6 Å². The number of hydrogen-bond donors (Lipinski definition) is 2. The molecule has 28 heavy (non-hydrogen) atoms. The maximum Gasteiger partial charge on any atom is 0.426 e. The van der Waals surface area contributed by atoms with E-state index in [1.54, 1.807) is 12.1 Å². The maximum absolute atomic E-state index is 12.1. The number of hydrazine groups is 1. The Balaban J connectivity index is 1.50. The molecule has 0 aliphatic carbocycles. The van der Waals surface area contributed by atoms with Gasteiger partial charge in [-0.1, -0.05) is 69.3 Å². The highest BCUT2D eigenvalue weighted by atomic mass is 16.6. The number of carbonyl (C=O) groups is 2. The molecule has 3 aromatic carbocycles. The summed E-state index contributed by atoms with van der Waals surface area (Å²) in [6.07, 6.45) is -0.715. The minimum absolute atomic E-state index is 0.0137. The van der Waals surface area contributed by atoms with Gasteiger partial charge in [0.25, 0.3) is 5.91 Å². The molecule has 0 spiro atoms. The van der Waals surface area contributed by atoms with Crippen LogP contribution in [0.15, 0.2) is 66.7 Å². The van der Waals surface area contributed by atoms with E-state index in [9.17, 15) is 9.59 Å². The molecule has 3 rings (SSSR count). The summed E-state index contributed by atoms with van der Waals surface area (Å²) in [5.41, 5.74) is 7.11. The third-order valence-corrected chi connectivity index (χ3v) is 4.48. The number of amides is 2. The van der Waals surface area contributed by atoms with Gasteiger partial charge in [-0.15, -0.1) is 0 Å². The predicted molar refractivity (Wildman–Crippen MR) is 110 cm³/mol. The summed E-state index contributed by atoms with van der Waals surface area (Å²) in [7, 11) is 0. The quantitative estimate of drug-likeness (QED) is 0.651. The van der Waals surface area contributed by atoms with Crippen molar-refractivity contribution in [2.45, 2.75) is 32.8 Å². The summed E-state index contributed by atoms with van der Waals surface area (Å²) in [6, 6.07) is 21.1. The lowest BCUT2D eigenvalue weighted by Gasteiger charge is -2.19. The van der Waals surface area contributed by atoms with E-state index in [4.69, 9.17) is 4.74 Å². The maximum atomic E-state index is 12.1. The third-order valence-electron chi connectivity index (χ3n) is 4.48. The van der Waals surface area contributed by atoms with Crippen molar-refractivity contribution in [1.82, 2.24) is 10.9 Å². The van der Waals surface area contributed by atoms with Gasteiger partial charge in [-0.3, -0.25) is 10.2 Å². The van der Waals surface area contributed by atoms with Crippen molar-refractivity contribution in [3.63, 3.8) is 0 Å². The molecule has 0 aromatic heterocycles. The lowest BCUT2D eigenvalue weighted by atomic mass is 9.87. The summed E-state index contributed by atoms with van der Waals surface area (Å²) >= 11 is 0. The van der Waals surface area contributed by atoms with Gasteiger partial charge in [0.05, 0.1) is 0 Å². The molecular weight excluding hydrogens is 352 g/mol. The topological polar surface area (TPSA) is 67.4 Å². The molecule has 0 aliphatic heterocycles. The van der Waals surface area contributed by atoms with Crippen molar-refractivity contribution in [3.05, 3.63) is 83.4 Å².